The summed E-state index contributed by atoms with van der Waals surface area (Å²) in [6, 6.07) is 5.96. The highest BCUT2D eigenvalue weighted by Crippen LogP contribution is 2.22. The minimum absolute atomic E-state index is 0.148. The Balaban J connectivity index is 2.16. The van der Waals surface area contributed by atoms with Gasteiger partial charge >= 0.3 is 0 Å². The summed E-state index contributed by atoms with van der Waals surface area (Å²) < 4.78 is 23.9. The number of hydrogen-bond acceptors (Lipinski definition) is 3. The van der Waals surface area contributed by atoms with E-state index in [9.17, 15) is 13.2 Å². The van der Waals surface area contributed by atoms with Gasteiger partial charge in [-0.2, -0.15) is 0 Å². The van der Waals surface area contributed by atoms with Gasteiger partial charge in [-0.1, -0.05) is 35.7 Å². The van der Waals surface area contributed by atoms with E-state index in [1.54, 1.807) is 0 Å². The summed E-state index contributed by atoms with van der Waals surface area (Å²) in [6.45, 7) is 3.97. The molecule has 0 radical (unpaired) electrons. The van der Waals surface area contributed by atoms with Crippen molar-refractivity contribution in [2.24, 2.45) is 0 Å². The minimum atomic E-state index is -3.21. The third-order valence-electron chi connectivity index (χ3n) is 3.60. The van der Waals surface area contributed by atoms with Crippen molar-refractivity contribution in [1.82, 2.24) is 0 Å². The fraction of sp³-hybridized carbons (Fsp3) is 0.533. The van der Waals surface area contributed by atoms with E-state index in [0.717, 1.165) is 23.1 Å². The molecule has 0 amide bonds. The molecule has 0 aromatic heterocycles. The maximum atomic E-state index is 12.2. The van der Waals surface area contributed by atoms with Crippen molar-refractivity contribution in [3.05, 3.63) is 34.9 Å². The number of benzene rings is 1. The van der Waals surface area contributed by atoms with Crippen molar-refractivity contribution in [2.45, 2.75) is 44.8 Å². The second-order valence-corrected chi connectivity index (χ2v) is 7.79. The van der Waals surface area contributed by atoms with Crippen LogP contribution in [0.15, 0.2) is 18.2 Å². The Morgan fingerprint density at radius 3 is 2.37 bits per heavy atom. The van der Waals surface area contributed by atoms with Crippen molar-refractivity contribution < 1.29 is 13.2 Å². The van der Waals surface area contributed by atoms with Gasteiger partial charge in [0, 0.05) is 6.42 Å². The first kappa shape index (κ1) is 14.3. The highest BCUT2D eigenvalue weighted by Gasteiger charge is 2.34. The minimum Gasteiger partial charge on any atom is -0.298 e. The van der Waals surface area contributed by atoms with E-state index in [2.05, 4.69) is 0 Å². The lowest BCUT2D eigenvalue weighted by atomic mass is 10.00. The van der Waals surface area contributed by atoms with Gasteiger partial charge in [0.05, 0.1) is 5.75 Å². The Hall–Kier alpha value is -1.16. The van der Waals surface area contributed by atoms with Crippen molar-refractivity contribution >= 4 is 15.6 Å². The summed E-state index contributed by atoms with van der Waals surface area (Å²) in [5.74, 6) is 0.0145. The summed E-state index contributed by atoms with van der Waals surface area (Å²) in [5.41, 5.74) is 3.13. The predicted octanol–water partition coefficient (Wildman–Crippen LogP) is 2.38. The molecule has 1 aromatic rings. The van der Waals surface area contributed by atoms with Crippen LogP contribution in [0.1, 0.15) is 36.0 Å². The first-order chi connectivity index (χ1) is 8.88. The van der Waals surface area contributed by atoms with Gasteiger partial charge in [-0.25, -0.2) is 8.42 Å². The number of carbonyl (C=O) groups is 1. The Morgan fingerprint density at radius 2 is 1.79 bits per heavy atom. The number of aryl methyl sites for hydroxylation is 2. The molecule has 1 aliphatic heterocycles. The van der Waals surface area contributed by atoms with E-state index < -0.39 is 15.1 Å². The summed E-state index contributed by atoms with van der Waals surface area (Å²) >= 11 is 0. The maximum absolute atomic E-state index is 12.2. The third-order valence-corrected chi connectivity index (χ3v) is 5.82. The van der Waals surface area contributed by atoms with Crippen molar-refractivity contribution in [1.29, 1.82) is 0 Å². The van der Waals surface area contributed by atoms with Crippen LogP contribution in [0.25, 0.3) is 0 Å². The number of hydrogen-bond donors (Lipinski definition) is 0. The summed E-state index contributed by atoms with van der Waals surface area (Å²) in [5, 5.41) is -0.776. The zero-order valence-corrected chi connectivity index (χ0v) is 12.3. The zero-order chi connectivity index (χ0) is 14.0. The zero-order valence-electron chi connectivity index (χ0n) is 11.5. The van der Waals surface area contributed by atoms with Gasteiger partial charge in [-0.05, 0) is 32.3 Å². The highest BCUT2D eigenvalue weighted by atomic mass is 32.2. The van der Waals surface area contributed by atoms with Gasteiger partial charge in [0.2, 0.25) is 0 Å². The van der Waals surface area contributed by atoms with Crippen LogP contribution in [0, 0.1) is 13.8 Å². The van der Waals surface area contributed by atoms with Crippen LogP contribution in [-0.4, -0.2) is 25.2 Å². The first-order valence-corrected chi connectivity index (χ1v) is 8.41. The van der Waals surface area contributed by atoms with Crippen LogP contribution in [0.2, 0.25) is 0 Å². The smallest absolute Gasteiger partial charge is 0.160 e. The first-order valence-electron chi connectivity index (χ1n) is 6.70. The SMILES string of the molecule is Cc1cc(C)cc(CC(=O)C2CCCCS2(=O)=O)c1. The molecule has 2 rings (SSSR count). The van der Waals surface area contributed by atoms with Gasteiger partial charge in [-0.15, -0.1) is 0 Å². The second kappa shape index (κ2) is 5.45. The molecule has 3 nitrogen and oxygen atoms in total. The van der Waals surface area contributed by atoms with Gasteiger partial charge in [0.1, 0.15) is 5.25 Å². The lowest BCUT2D eigenvalue weighted by Gasteiger charge is -2.21. The predicted molar refractivity (Wildman–Crippen MR) is 76.1 cm³/mol. The van der Waals surface area contributed by atoms with E-state index in [1.165, 1.54) is 0 Å². The molecule has 1 heterocycles. The number of carbonyl (C=O) groups excluding carboxylic acids is 1. The summed E-state index contributed by atoms with van der Waals surface area (Å²) in [7, 11) is -3.21. The number of ketones is 1. The topological polar surface area (TPSA) is 51.2 Å². The molecule has 0 aliphatic carbocycles. The molecule has 1 aliphatic rings. The van der Waals surface area contributed by atoms with E-state index in [4.69, 9.17) is 0 Å². The molecule has 4 heteroatoms. The van der Waals surface area contributed by atoms with Gasteiger partial charge in [0.15, 0.2) is 15.6 Å². The molecule has 0 saturated carbocycles. The molecular weight excluding hydrogens is 260 g/mol. The molecule has 1 saturated heterocycles. The number of rotatable bonds is 3. The molecule has 1 fully saturated rings. The average Bonchev–Trinajstić information content (AvgIpc) is 2.26. The second-order valence-electron chi connectivity index (χ2n) is 5.49. The summed E-state index contributed by atoms with van der Waals surface area (Å²) in [6.07, 6.45) is 2.25. The van der Waals surface area contributed by atoms with Gasteiger partial charge < -0.3 is 0 Å². The average molecular weight is 280 g/mol. The Labute approximate surface area is 114 Å². The molecule has 0 N–H and O–H groups in total. The van der Waals surface area contributed by atoms with Crippen LogP contribution in [0.4, 0.5) is 0 Å². The molecule has 1 atom stereocenters. The van der Waals surface area contributed by atoms with Crippen LogP contribution in [0.5, 0.6) is 0 Å². The molecular formula is C15H20O3S. The summed E-state index contributed by atoms with van der Waals surface area (Å²) in [4.78, 5) is 12.2. The van der Waals surface area contributed by atoms with Crippen molar-refractivity contribution in [3.8, 4) is 0 Å². The third kappa shape index (κ3) is 3.44. The lowest BCUT2D eigenvalue weighted by molar-refractivity contribution is -0.118. The van der Waals surface area contributed by atoms with Crippen molar-refractivity contribution in [3.63, 3.8) is 0 Å². The van der Waals surface area contributed by atoms with E-state index in [1.807, 2.05) is 32.0 Å². The molecule has 19 heavy (non-hydrogen) atoms. The van der Waals surface area contributed by atoms with Crippen LogP contribution in [-0.2, 0) is 21.1 Å². The molecule has 0 bridgehead atoms. The fourth-order valence-electron chi connectivity index (χ4n) is 2.80. The largest absolute Gasteiger partial charge is 0.298 e. The highest BCUT2D eigenvalue weighted by molar-refractivity contribution is 7.92. The molecule has 104 valence electrons. The Bertz CT molecular complexity index is 567. The maximum Gasteiger partial charge on any atom is 0.160 e. The molecule has 0 spiro atoms. The Kier molecular flexibility index (Phi) is 4.09. The van der Waals surface area contributed by atoms with Gasteiger partial charge in [-0.3, -0.25) is 4.79 Å². The monoisotopic (exact) mass is 280 g/mol. The Morgan fingerprint density at radius 1 is 1.16 bits per heavy atom. The van der Waals surface area contributed by atoms with E-state index >= 15 is 0 Å². The lowest BCUT2D eigenvalue weighted by Crippen LogP contribution is -2.36. The molecule has 1 unspecified atom stereocenters. The number of Topliss-reactive ketones (excluding diaryl/α,β-unsaturated/α-hetero) is 1. The number of sulfone groups is 1. The van der Waals surface area contributed by atoms with E-state index in [-0.39, 0.29) is 18.0 Å². The standard InChI is InChI=1S/C15H20O3S/c1-11-7-12(2)9-13(8-11)10-14(16)15-5-3-4-6-19(15,17)18/h7-9,15H,3-6,10H2,1-2H3. The molecule has 1 aromatic carbocycles. The normalized spacial score (nSPS) is 22.1. The van der Waals surface area contributed by atoms with Crippen LogP contribution < -0.4 is 0 Å². The van der Waals surface area contributed by atoms with Crippen LogP contribution >= 0.6 is 0 Å². The van der Waals surface area contributed by atoms with E-state index in [0.29, 0.717) is 12.8 Å². The fourth-order valence-corrected chi connectivity index (χ4v) is 4.70. The quantitative estimate of drug-likeness (QED) is 0.854. The van der Waals surface area contributed by atoms with Crippen LogP contribution in [0.3, 0.4) is 0 Å². The van der Waals surface area contributed by atoms with Crippen molar-refractivity contribution in [2.75, 3.05) is 5.75 Å². The van der Waals surface area contributed by atoms with Gasteiger partial charge in [0.25, 0.3) is 0 Å².